The van der Waals surface area contributed by atoms with E-state index in [1.807, 2.05) is 11.8 Å². The highest BCUT2D eigenvalue weighted by Crippen LogP contribution is 2.21. The maximum Gasteiger partial charge on any atom is 0.00755 e. The second-order valence-electron chi connectivity index (χ2n) is 3.31. The second-order valence-corrected chi connectivity index (χ2v) is 5.24. The number of thioether (sulfide) groups is 1. The van der Waals surface area contributed by atoms with Crippen molar-refractivity contribution in [2.45, 2.75) is 32.4 Å². The topological polar surface area (TPSA) is 12.0 Å². The lowest BCUT2D eigenvalue weighted by Gasteiger charge is -2.17. The van der Waals surface area contributed by atoms with Crippen molar-refractivity contribution in [3.05, 3.63) is 0 Å². The first-order valence-electron chi connectivity index (χ1n) is 3.91. The van der Waals surface area contributed by atoms with Crippen LogP contribution in [0.3, 0.4) is 0 Å². The molecule has 0 radical (unpaired) electrons. The summed E-state index contributed by atoms with van der Waals surface area (Å²) >= 11 is 2.01. The van der Waals surface area contributed by atoms with E-state index in [0.29, 0.717) is 4.75 Å². The predicted octanol–water partition coefficient (Wildman–Crippen LogP) is 2.13. The first-order valence-corrected chi connectivity index (χ1v) is 4.89. The van der Waals surface area contributed by atoms with Gasteiger partial charge in [-0.05, 0) is 6.54 Å². The van der Waals surface area contributed by atoms with Gasteiger partial charge >= 0.3 is 0 Å². The number of hydrogen-bond acceptors (Lipinski definition) is 2. The third-order valence-electron chi connectivity index (χ3n) is 1.06. The lowest BCUT2D eigenvalue weighted by molar-refractivity contribution is 0.756. The van der Waals surface area contributed by atoms with Crippen molar-refractivity contribution in [2.24, 2.45) is 0 Å². The van der Waals surface area contributed by atoms with Crippen LogP contribution in [0.4, 0.5) is 0 Å². The van der Waals surface area contributed by atoms with Crippen LogP contribution >= 0.6 is 11.8 Å². The van der Waals surface area contributed by atoms with Crippen LogP contribution in [-0.4, -0.2) is 23.6 Å². The molecule has 0 aromatic heterocycles. The van der Waals surface area contributed by atoms with Crippen molar-refractivity contribution in [2.75, 3.05) is 18.8 Å². The molecule has 0 unspecified atom stereocenters. The first kappa shape index (κ1) is 10.3. The molecule has 0 aliphatic heterocycles. The van der Waals surface area contributed by atoms with Gasteiger partial charge in [-0.3, -0.25) is 0 Å². The number of nitrogens with one attached hydrogen (secondary N) is 1. The Morgan fingerprint density at radius 2 is 1.90 bits per heavy atom. The van der Waals surface area contributed by atoms with Crippen molar-refractivity contribution >= 4 is 11.8 Å². The summed E-state index contributed by atoms with van der Waals surface area (Å²) in [5.41, 5.74) is 0. The standard InChI is InChI=1S/C8H19NS/c1-5-9-6-7-10-8(2,3)4/h9H,5-7H2,1-4H3. The van der Waals surface area contributed by atoms with E-state index in [1.54, 1.807) is 0 Å². The molecule has 0 heterocycles. The summed E-state index contributed by atoms with van der Waals surface area (Å²) in [6.45, 7) is 11.1. The summed E-state index contributed by atoms with van der Waals surface area (Å²) < 4.78 is 0.426. The highest BCUT2D eigenvalue weighted by Gasteiger charge is 2.08. The van der Waals surface area contributed by atoms with Crippen molar-refractivity contribution in [3.63, 3.8) is 0 Å². The van der Waals surface area contributed by atoms with Gasteiger partial charge in [-0.2, -0.15) is 11.8 Å². The third kappa shape index (κ3) is 8.31. The molecule has 1 N–H and O–H groups in total. The maximum absolute atomic E-state index is 3.30. The van der Waals surface area contributed by atoms with Crippen LogP contribution in [-0.2, 0) is 0 Å². The van der Waals surface area contributed by atoms with E-state index < -0.39 is 0 Å². The molecule has 0 rings (SSSR count). The zero-order chi connectivity index (χ0) is 8.04. The summed E-state index contributed by atoms with van der Waals surface area (Å²) in [6.07, 6.45) is 0. The smallest absolute Gasteiger partial charge is 0.00755 e. The Kier molecular flexibility index (Phi) is 5.18. The van der Waals surface area contributed by atoms with Crippen molar-refractivity contribution in [1.82, 2.24) is 5.32 Å². The Balaban J connectivity index is 3.04. The Morgan fingerprint density at radius 3 is 2.30 bits per heavy atom. The summed E-state index contributed by atoms with van der Waals surface area (Å²) in [5.74, 6) is 1.22. The normalized spacial score (nSPS) is 12.0. The van der Waals surface area contributed by atoms with Crippen molar-refractivity contribution in [1.29, 1.82) is 0 Å². The van der Waals surface area contributed by atoms with Gasteiger partial charge in [0.25, 0.3) is 0 Å². The van der Waals surface area contributed by atoms with Crippen LogP contribution in [0, 0.1) is 0 Å². The van der Waals surface area contributed by atoms with E-state index in [9.17, 15) is 0 Å². The third-order valence-corrected chi connectivity index (χ3v) is 2.34. The molecule has 0 saturated heterocycles. The number of hydrogen-bond donors (Lipinski definition) is 1. The summed E-state index contributed by atoms with van der Waals surface area (Å²) in [4.78, 5) is 0. The van der Waals surface area contributed by atoms with Crippen LogP contribution in [0.5, 0.6) is 0 Å². The molecular weight excluding hydrogens is 142 g/mol. The number of rotatable bonds is 4. The Hall–Kier alpha value is 0.310. The average Bonchev–Trinajstić information content (AvgIpc) is 1.78. The Labute approximate surface area is 69.0 Å². The zero-order valence-corrected chi connectivity index (χ0v) is 8.35. The fraction of sp³-hybridized carbons (Fsp3) is 1.00. The highest BCUT2D eigenvalue weighted by molar-refractivity contribution is 8.00. The Bertz CT molecular complexity index is 75.8. The lowest BCUT2D eigenvalue weighted by atomic mass is 10.3. The van der Waals surface area contributed by atoms with Crippen LogP contribution < -0.4 is 5.32 Å². The highest BCUT2D eigenvalue weighted by atomic mass is 32.2. The molecule has 1 nitrogen and oxygen atoms in total. The molecule has 10 heavy (non-hydrogen) atoms. The van der Waals surface area contributed by atoms with Gasteiger partial charge in [-0.1, -0.05) is 27.7 Å². The fourth-order valence-corrected chi connectivity index (χ4v) is 1.46. The zero-order valence-electron chi connectivity index (χ0n) is 7.53. The largest absolute Gasteiger partial charge is 0.316 e. The minimum Gasteiger partial charge on any atom is -0.316 e. The Morgan fingerprint density at radius 1 is 1.30 bits per heavy atom. The molecule has 0 spiro atoms. The molecule has 0 aliphatic carbocycles. The lowest BCUT2D eigenvalue weighted by Crippen LogP contribution is -2.19. The van der Waals surface area contributed by atoms with Crippen molar-refractivity contribution in [3.8, 4) is 0 Å². The minimum absolute atomic E-state index is 0.426. The van der Waals surface area contributed by atoms with Gasteiger partial charge in [-0.15, -0.1) is 0 Å². The monoisotopic (exact) mass is 161 g/mol. The maximum atomic E-state index is 3.30. The van der Waals surface area contributed by atoms with Gasteiger partial charge in [0, 0.05) is 17.0 Å². The molecule has 0 fully saturated rings. The molecule has 62 valence electrons. The van der Waals surface area contributed by atoms with Gasteiger partial charge in [-0.25, -0.2) is 0 Å². The van der Waals surface area contributed by atoms with Crippen LogP contribution in [0.1, 0.15) is 27.7 Å². The molecular formula is C8H19NS. The summed E-state index contributed by atoms with van der Waals surface area (Å²) in [5, 5.41) is 3.30. The van der Waals surface area contributed by atoms with Gasteiger partial charge < -0.3 is 5.32 Å². The first-order chi connectivity index (χ1) is 4.56. The molecule has 0 aliphatic rings. The molecule has 2 heteroatoms. The average molecular weight is 161 g/mol. The summed E-state index contributed by atoms with van der Waals surface area (Å²) in [7, 11) is 0. The van der Waals surface area contributed by atoms with Crippen LogP contribution in [0.2, 0.25) is 0 Å². The fourth-order valence-electron chi connectivity index (χ4n) is 0.606. The molecule has 0 atom stereocenters. The summed E-state index contributed by atoms with van der Waals surface area (Å²) in [6, 6.07) is 0. The molecule has 0 aromatic rings. The van der Waals surface area contributed by atoms with E-state index in [-0.39, 0.29) is 0 Å². The van der Waals surface area contributed by atoms with Gasteiger partial charge in [0.15, 0.2) is 0 Å². The van der Waals surface area contributed by atoms with E-state index >= 15 is 0 Å². The van der Waals surface area contributed by atoms with Crippen molar-refractivity contribution < 1.29 is 0 Å². The van der Waals surface area contributed by atoms with Crippen LogP contribution in [0.15, 0.2) is 0 Å². The van der Waals surface area contributed by atoms with Gasteiger partial charge in [0.1, 0.15) is 0 Å². The van der Waals surface area contributed by atoms with E-state index in [0.717, 1.165) is 13.1 Å². The van der Waals surface area contributed by atoms with Gasteiger partial charge in [0.05, 0.1) is 0 Å². The molecule has 0 bridgehead atoms. The molecule has 0 amide bonds. The SMILES string of the molecule is CCNCCSC(C)(C)C. The van der Waals surface area contributed by atoms with Crippen LogP contribution in [0.25, 0.3) is 0 Å². The quantitative estimate of drug-likeness (QED) is 0.634. The van der Waals surface area contributed by atoms with E-state index in [1.165, 1.54) is 5.75 Å². The van der Waals surface area contributed by atoms with Gasteiger partial charge in [0.2, 0.25) is 0 Å². The predicted molar refractivity (Wildman–Crippen MR) is 50.8 cm³/mol. The molecule has 0 saturated carbocycles. The van der Waals surface area contributed by atoms with E-state index in [2.05, 4.69) is 33.0 Å². The minimum atomic E-state index is 0.426. The van der Waals surface area contributed by atoms with E-state index in [4.69, 9.17) is 0 Å². The molecule has 0 aromatic carbocycles. The second kappa shape index (κ2) is 5.03.